The Morgan fingerprint density at radius 1 is 1.62 bits per heavy atom. The normalized spacial score (nSPS) is 18.0. The molecular formula is C8H14N2O2S. The van der Waals surface area contributed by atoms with Gasteiger partial charge in [0.2, 0.25) is 10.0 Å². The highest BCUT2D eigenvalue weighted by Crippen LogP contribution is 2.20. The lowest BCUT2D eigenvalue weighted by Crippen LogP contribution is -2.22. The van der Waals surface area contributed by atoms with Crippen molar-refractivity contribution in [3.63, 3.8) is 0 Å². The Hall–Kier alpha value is -0.650. The van der Waals surface area contributed by atoms with E-state index >= 15 is 0 Å². The second kappa shape index (κ2) is 4.04. The molecule has 0 aromatic rings. The summed E-state index contributed by atoms with van der Waals surface area (Å²) < 4.78 is 25.0. The smallest absolute Gasteiger partial charge is 0.236 e. The molecule has 5 heteroatoms. The van der Waals surface area contributed by atoms with E-state index in [0.717, 1.165) is 12.0 Å². The van der Waals surface area contributed by atoms with Crippen LogP contribution >= 0.6 is 0 Å². The van der Waals surface area contributed by atoms with Crippen molar-refractivity contribution in [2.24, 2.45) is 5.73 Å². The van der Waals surface area contributed by atoms with Gasteiger partial charge in [-0.2, -0.15) is 0 Å². The van der Waals surface area contributed by atoms with Gasteiger partial charge in [-0.15, -0.1) is 0 Å². The second-order valence-corrected chi connectivity index (χ2v) is 4.78. The molecule has 1 aliphatic rings. The van der Waals surface area contributed by atoms with Gasteiger partial charge in [-0.25, -0.2) is 13.1 Å². The zero-order valence-electron chi connectivity index (χ0n) is 7.58. The van der Waals surface area contributed by atoms with Crippen LogP contribution in [0.3, 0.4) is 0 Å². The Bertz CT molecular complexity index is 341. The van der Waals surface area contributed by atoms with E-state index in [9.17, 15) is 8.42 Å². The number of nitrogens with one attached hydrogen (secondary N) is 1. The first-order valence-electron chi connectivity index (χ1n) is 4.13. The van der Waals surface area contributed by atoms with E-state index in [4.69, 9.17) is 5.73 Å². The van der Waals surface area contributed by atoms with E-state index in [1.165, 1.54) is 7.05 Å². The molecule has 74 valence electrons. The van der Waals surface area contributed by atoms with Crippen LogP contribution in [0.5, 0.6) is 0 Å². The van der Waals surface area contributed by atoms with Gasteiger partial charge in [-0.05, 0) is 31.5 Å². The number of sulfonamides is 1. The molecule has 13 heavy (non-hydrogen) atoms. The summed E-state index contributed by atoms with van der Waals surface area (Å²) in [6, 6.07) is 0. The summed E-state index contributed by atoms with van der Waals surface area (Å²) in [5.74, 6) is 0. The highest BCUT2D eigenvalue weighted by Gasteiger charge is 2.16. The van der Waals surface area contributed by atoms with Crippen LogP contribution in [0.4, 0.5) is 0 Å². The second-order valence-electron chi connectivity index (χ2n) is 2.84. The SMILES string of the molecule is CNS(=O)(=O)C1=CC(CN)=CCC1. The van der Waals surface area contributed by atoms with Gasteiger partial charge in [0.05, 0.1) is 4.91 Å². The summed E-state index contributed by atoms with van der Waals surface area (Å²) in [7, 11) is -1.84. The molecule has 0 saturated heterocycles. The predicted octanol–water partition coefficient (Wildman–Crippen LogP) is 0.0984. The molecule has 0 aromatic carbocycles. The summed E-state index contributed by atoms with van der Waals surface area (Å²) in [6.07, 6.45) is 4.93. The van der Waals surface area contributed by atoms with E-state index in [2.05, 4.69) is 4.72 Å². The summed E-state index contributed by atoms with van der Waals surface area (Å²) in [5.41, 5.74) is 6.31. The minimum Gasteiger partial charge on any atom is -0.327 e. The van der Waals surface area contributed by atoms with Crippen molar-refractivity contribution in [1.29, 1.82) is 0 Å². The molecule has 3 N–H and O–H groups in total. The molecule has 0 unspecified atom stereocenters. The van der Waals surface area contributed by atoms with Gasteiger partial charge < -0.3 is 5.73 Å². The van der Waals surface area contributed by atoms with Crippen molar-refractivity contribution in [3.05, 3.63) is 22.6 Å². The van der Waals surface area contributed by atoms with E-state index in [-0.39, 0.29) is 0 Å². The molecule has 0 atom stereocenters. The van der Waals surface area contributed by atoms with E-state index in [1.807, 2.05) is 6.08 Å². The predicted molar refractivity (Wildman–Crippen MR) is 52.4 cm³/mol. The summed E-state index contributed by atoms with van der Waals surface area (Å²) >= 11 is 0. The molecule has 0 heterocycles. The lowest BCUT2D eigenvalue weighted by atomic mass is 10.1. The molecule has 0 radical (unpaired) electrons. The Morgan fingerprint density at radius 2 is 2.31 bits per heavy atom. The fourth-order valence-corrected chi connectivity index (χ4v) is 2.18. The topological polar surface area (TPSA) is 72.2 Å². The largest absolute Gasteiger partial charge is 0.327 e. The van der Waals surface area contributed by atoms with Gasteiger partial charge in [0.1, 0.15) is 0 Å². The highest BCUT2D eigenvalue weighted by molar-refractivity contribution is 7.93. The van der Waals surface area contributed by atoms with Crippen molar-refractivity contribution in [2.45, 2.75) is 12.8 Å². The van der Waals surface area contributed by atoms with Gasteiger partial charge in [-0.3, -0.25) is 0 Å². The van der Waals surface area contributed by atoms with E-state index in [0.29, 0.717) is 17.9 Å². The Labute approximate surface area is 78.6 Å². The van der Waals surface area contributed by atoms with Crippen LogP contribution in [-0.2, 0) is 10.0 Å². The van der Waals surface area contributed by atoms with Crippen LogP contribution in [-0.4, -0.2) is 22.0 Å². The minimum absolute atomic E-state index is 0.392. The summed E-state index contributed by atoms with van der Waals surface area (Å²) in [6.45, 7) is 0.392. The fraction of sp³-hybridized carbons (Fsp3) is 0.500. The number of hydrogen-bond donors (Lipinski definition) is 2. The quantitative estimate of drug-likeness (QED) is 0.681. The van der Waals surface area contributed by atoms with E-state index < -0.39 is 10.0 Å². The van der Waals surface area contributed by atoms with Crippen LogP contribution < -0.4 is 10.5 Å². The number of rotatable bonds is 3. The lowest BCUT2D eigenvalue weighted by molar-refractivity contribution is 0.592. The standard InChI is InChI=1S/C8H14N2O2S/c1-10-13(11,12)8-4-2-3-7(5-8)6-9/h3,5,10H,2,4,6,9H2,1H3. The molecule has 1 aliphatic carbocycles. The van der Waals surface area contributed by atoms with Crippen molar-refractivity contribution in [1.82, 2.24) is 4.72 Å². The van der Waals surface area contributed by atoms with Crippen molar-refractivity contribution < 1.29 is 8.42 Å². The average molecular weight is 202 g/mol. The van der Waals surface area contributed by atoms with Crippen LogP contribution in [0, 0.1) is 0 Å². The average Bonchev–Trinajstić information content (AvgIpc) is 2.18. The van der Waals surface area contributed by atoms with Crippen LogP contribution in [0.2, 0.25) is 0 Å². The molecular weight excluding hydrogens is 188 g/mol. The van der Waals surface area contributed by atoms with Crippen molar-refractivity contribution in [3.8, 4) is 0 Å². The summed E-state index contributed by atoms with van der Waals surface area (Å²) in [4.78, 5) is 0.429. The van der Waals surface area contributed by atoms with Gasteiger partial charge in [0, 0.05) is 6.54 Å². The Morgan fingerprint density at radius 3 is 2.85 bits per heavy atom. The zero-order valence-corrected chi connectivity index (χ0v) is 8.39. The van der Waals surface area contributed by atoms with Crippen LogP contribution in [0.1, 0.15) is 12.8 Å². The third kappa shape index (κ3) is 2.40. The van der Waals surface area contributed by atoms with Crippen molar-refractivity contribution in [2.75, 3.05) is 13.6 Å². The maximum absolute atomic E-state index is 11.4. The Kier molecular flexibility index (Phi) is 3.24. The fourth-order valence-electron chi connectivity index (χ4n) is 1.22. The molecule has 0 bridgehead atoms. The minimum atomic E-state index is -3.25. The molecule has 1 rings (SSSR count). The maximum atomic E-state index is 11.4. The maximum Gasteiger partial charge on any atom is 0.236 e. The Balaban J connectivity index is 2.95. The first-order chi connectivity index (χ1) is 6.10. The van der Waals surface area contributed by atoms with Crippen LogP contribution in [0.15, 0.2) is 22.6 Å². The molecule has 0 spiro atoms. The molecule has 0 amide bonds. The van der Waals surface area contributed by atoms with Gasteiger partial charge in [-0.1, -0.05) is 6.08 Å². The third-order valence-corrected chi connectivity index (χ3v) is 3.54. The molecule has 0 fully saturated rings. The first kappa shape index (κ1) is 10.4. The zero-order chi connectivity index (χ0) is 9.90. The molecule has 0 aliphatic heterocycles. The molecule has 4 nitrogen and oxygen atoms in total. The highest BCUT2D eigenvalue weighted by atomic mass is 32.2. The van der Waals surface area contributed by atoms with Crippen LogP contribution in [0.25, 0.3) is 0 Å². The molecule has 0 saturated carbocycles. The number of allylic oxidation sites excluding steroid dienone is 2. The number of nitrogens with two attached hydrogens (primary N) is 1. The third-order valence-electron chi connectivity index (χ3n) is 1.99. The summed E-state index contributed by atoms with van der Waals surface area (Å²) in [5, 5.41) is 0. The monoisotopic (exact) mass is 202 g/mol. The van der Waals surface area contributed by atoms with Crippen molar-refractivity contribution >= 4 is 10.0 Å². The first-order valence-corrected chi connectivity index (χ1v) is 5.61. The van der Waals surface area contributed by atoms with Gasteiger partial charge >= 0.3 is 0 Å². The van der Waals surface area contributed by atoms with Gasteiger partial charge in [0.15, 0.2) is 0 Å². The number of hydrogen-bond acceptors (Lipinski definition) is 3. The lowest BCUT2D eigenvalue weighted by Gasteiger charge is -2.12. The molecule has 0 aromatic heterocycles. The van der Waals surface area contributed by atoms with Gasteiger partial charge in [0.25, 0.3) is 0 Å². The van der Waals surface area contributed by atoms with E-state index in [1.54, 1.807) is 6.08 Å².